The summed E-state index contributed by atoms with van der Waals surface area (Å²) in [5, 5.41) is 11.1. The van der Waals surface area contributed by atoms with E-state index in [1.165, 1.54) is 6.07 Å². The monoisotopic (exact) mass is 238 g/mol. The van der Waals surface area contributed by atoms with Gasteiger partial charge >= 0.3 is 6.18 Å². The number of nitrogens with one attached hydrogen (secondary N) is 1. The van der Waals surface area contributed by atoms with Gasteiger partial charge in [0.25, 0.3) is 0 Å². The van der Waals surface area contributed by atoms with Crippen molar-refractivity contribution >= 4 is 11.8 Å². The van der Waals surface area contributed by atoms with Crippen LogP contribution in [0.4, 0.5) is 13.2 Å². The maximum absolute atomic E-state index is 12.2. The minimum atomic E-state index is -4.42. The third-order valence-corrected chi connectivity index (χ3v) is 4.01. The van der Waals surface area contributed by atoms with Crippen molar-refractivity contribution in [3.8, 4) is 6.07 Å². The molecule has 1 saturated carbocycles. The van der Waals surface area contributed by atoms with Gasteiger partial charge in [0.05, 0.1) is 6.07 Å². The molecule has 0 bridgehead atoms. The molecule has 0 aromatic heterocycles. The van der Waals surface area contributed by atoms with Crippen LogP contribution in [0.2, 0.25) is 0 Å². The minimum Gasteiger partial charge on any atom is -0.314 e. The summed E-state index contributed by atoms with van der Waals surface area (Å²) in [6, 6.07) is 1.27. The van der Waals surface area contributed by atoms with Crippen LogP contribution in [0.3, 0.4) is 0 Å². The summed E-state index contributed by atoms with van der Waals surface area (Å²) in [5.41, 5.74) is 0. The van der Waals surface area contributed by atoms with E-state index in [0.29, 0.717) is 6.54 Å². The second kappa shape index (κ2) is 4.62. The van der Waals surface area contributed by atoms with E-state index in [2.05, 4.69) is 5.32 Å². The zero-order chi connectivity index (χ0) is 11.5. The quantitative estimate of drug-likeness (QED) is 0.797. The Kier molecular flexibility index (Phi) is 3.90. The largest absolute Gasteiger partial charge is 0.405 e. The highest BCUT2D eigenvalue weighted by Gasteiger charge is 2.43. The number of hydrogen-bond acceptors (Lipinski definition) is 3. The lowest BCUT2D eigenvalue weighted by molar-refractivity contribution is -0.157. The molecule has 0 aliphatic heterocycles. The van der Waals surface area contributed by atoms with E-state index in [1.54, 1.807) is 11.8 Å². The number of alkyl halides is 3. The highest BCUT2D eigenvalue weighted by molar-refractivity contribution is 8.00. The van der Waals surface area contributed by atoms with Crippen LogP contribution >= 0.6 is 11.8 Å². The molecule has 1 rings (SSSR count). The lowest BCUT2D eigenvalue weighted by atomic mass is 10.1. The summed E-state index contributed by atoms with van der Waals surface area (Å²) in [5.74, 6) is -1.89. The van der Waals surface area contributed by atoms with Gasteiger partial charge in [-0.2, -0.15) is 30.2 Å². The van der Waals surface area contributed by atoms with Crippen LogP contribution in [-0.4, -0.2) is 30.3 Å². The van der Waals surface area contributed by atoms with E-state index in [4.69, 9.17) is 5.26 Å². The van der Waals surface area contributed by atoms with Gasteiger partial charge in [-0.1, -0.05) is 0 Å². The van der Waals surface area contributed by atoms with Crippen LogP contribution in [0.5, 0.6) is 0 Å². The standard InChI is InChI=1S/C9H13F3N2S/c1-15-8(2-3-8)6-14-5-7(4-13)9(10,11)12/h7,14H,2-3,5-6H2,1H3. The Morgan fingerprint density at radius 1 is 1.53 bits per heavy atom. The van der Waals surface area contributed by atoms with Crippen molar-refractivity contribution in [1.29, 1.82) is 5.26 Å². The lowest BCUT2D eigenvalue weighted by Crippen LogP contribution is -2.36. The first-order chi connectivity index (χ1) is 6.93. The molecule has 6 heteroatoms. The molecule has 1 unspecified atom stereocenters. The van der Waals surface area contributed by atoms with Gasteiger partial charge in [-0.05, 0) is 19.1 Å². The summed E-state index contributed by atoms with van der Waals surface area (Å²) in [6.07, 6.45) is -0.368. The Balaban J connectivity index is 2.27. The number of halogens is 3. The molecule has 0 spiro atoms. The maximum Gasteiger partial charge on any atom is 0.405 e. The third kappa shape index (κ3) is 3.58. The van der Waals surface area contributed by atoms with Crippen LogP contribution in [0.15, 0.2) is 0 Å². The van der Waals surface area contributed by atoms with Crippen molar-refractivity contribution in [2.45, 2.75) is 23.8 Å². The van der Waals surface area contributed by atoms with Crippen molar-refractivity contribution in [2.75, 3.05) is 19.3 Å². The van der Waals surface area contributed by atoms with Crippen LogP contribution in [-0.2, 0) is 0 Å². The zero-order valence-corrected chi connectivity index (χ0v) is 9.21. The molecule has 1 aliphatic carbocycles. The van der Waals surface area contributed by atoms with Gasteiger partial charge in [0, 0.05) is 17.8 Å². The van der Waals surface area contributed by atoms with E-state index in [9.17, 15) is 13.2 Å². The second-order valence-corrected chi connectivity index (χ2v) is 5.02. The Hall–Kier alpha value is -0.410. The van der Waals surface area contributed by atoms with Gasteiger partial charge in [-0.15, -0.1) is 0 Å². The molecular weight excluding hydrogens is 225 g/mol. The fourth-order valence-electron chi connectivity index (χ4n) is 1.27. The van der Waals surface area contributed by atoms with Gasteiger partial charge in [-0.3, -0.25) is 0 Å². The molecule has 1 fully saturated rings. The molecule has 0 saturated heterocycles. The van der Waals surface area contributed by atoms with Crippen molar-refractivity contribution in [1.82, 2.24) is 5.32 Å². The summed E-state index contributed by atoms with van der Waals surface area (Å²) < 4.78 is 36.6. The molecule has 0 aromatic rings. The molecule has 0 aromatic carbocycles. The zero-order valence-electron chi connectivity index (χ0n) is 8.40. The summed E-state index contributed by atoms with van der Waals surface area (Å²) in [4.78, 5) is 0. The van der Waals surface area contributed by atoms with E-state index in [1.807, 2.05) is 6.26 Å². The van der Waals surface area contributed by atoms with Gasteiger partial charge < -0.3 is 5.32 Å². The van der Waals surface area contributed by atoms with E-state index in [-0.39, 0.29) is 11.3 Å². The van der Waals surface area contributed by atoms with Gasteiger partial charge in [0.1, 0.15) is 0 Å². The van der Waals surface area contributed by atoms with Crippen molar-refractivity contribution in [2.24, 2.45) is 5.92 Å². The molecule has 1 atom stereocenters. The summed E-state index contributed by atoms with van der Waals surface area (Å²) >= 11 is 1.68. The minimum absolute atomic E-state index is 0.131. The van der Waals surface area contributed by atoms with E-state index >= 15 is 0 Å². The van der Waals surface area contributed by atoms with Crippen LogP contribution in [0.25, 0.3) is 0 Å². The van der Waals surface area contributed by atoms with Crippen LogP contribution in [0, 0.1) is 17.2 Å². The number of nitrogens with zero attached hydrogens (tertiary/aromatic N) is 1. The Morgan fingerprint density at radius 3 is 2.47 bits per heavy atom. The van der Waals surface area contributed by atoms with E-state index in [0.717, 1.165) is 12.8 Å². The van der Waals surface area contributed by atoms with Crippen molar-refractivity contribution in [3.63, 3.8) is 0 Å². The maximum atomic E-state index is 12.2. The predicted octanol–water partition coefficient (Wildman–Crippen LogP) is 2.17. The predicted molar refractivity (Wildman–Crippen MR) is 53.5 cm³/mol. The molecule has 1 aliphatic rings. The average Bonchev–Trinajstić information content (AvgIpc) is 2.91. The molecule has 0 heterocycles. The lowest BCUT2D eigenvalue weighted by Gasteiger charge is -2.17. The van der Waals surface area contributed by atoms with Gasteiger partial charge in [-0.25, -0.2) is 0 Å². The molecule has 0 radical (unpaired) electrons. The molecule has 15 heavy (non-hydrogen) atoms. The average molecular weight is 238 g/mol. The van der Waals surface area contributed by atoms with Gasteiger partial charge in [0.2, 0.25) is 0 Å². The fraction of sp³-hybridized carbons (Fsp3) is 0.889. The summed E-state index contributed by atoms with van der Waals surface area (Å²) in [7, 11) is 0. The van der Waals surface area contributed by atoms with E-state index < -0.39 is 12.1 Å². The topological polar surface area (TPSA) is 35.8 Å². The SMILES string of the molecule is CSC1(CNCC(C#N)C(F)(F)F)CC1. The van der Waals surface area contributed by atoms with Crippen molar-refractivity contribution < 1.29 is 13.2 Å². The van der Waals surface area contributed by atoms with Crippen LogP contribution in [0.1, 0.15) is 12.8 Å². The fourth-order valence-corrected chi connectivity index (χ4v) is 2.03. The molecule has 86 valence electrons. The second-order valence-electron chi connectivity index (χ2n) is 3.74. The molecule has 1 N–H and O–H groups in total. The van der Waals surface area contributed by atoms with Crippen molar-refractivity contribution in [3.05, 3.63) is 0 Å². The molecule has 2 nitrogen and oxygen atoms in total. The third-order valence-electron chi connectivity index (χ3n) is 2.59. The first kappa shape index (κ1) is 12.7. The number of rotatable bonds is 5. The first-order valence-electron chi connectivity index (χ1n) is 4.66. The highest BCUT2D eigenvalue weighted by atomic mass is 32.2. The van der Waals surface area contributed by atoms with Crippen LogP contribution < -0.4 is 5.32 Å². The number of nitriles is 1. The number of hydrogen-bond donors (Lipinski definition) is 1. The smallest absolute Gasteiger partial charge is 0.314 e. The first-order valence-corrected chi connectivity index (χ1v) is 5.88. The van der Waals surface area contributed by atoms with Gasteiger partial charge in [0.15, 0.2) is 5.92 Å². The number of thioether (sulfide) groups is 1. The molecule has 0 amide bonds. The Labute approximate surface area is 91.2 Å². The normalized spacial score (nSPS) is 20.7. The summed E-state index contributed by atoms with van der Waals surface area (Å²) in [6.45, 7) is 0.255. The molecular formula is C9H13F3N2S. The Bertz CT molecular complexity index is 255. The Morgan fingerprint density at radius 2 is 2.13 bits per heavy atom. The highest BCUT2D eigenvalue weighted by Crippen LogP contribution is 2.46.